The summed E-state index contributed by atoms with van der Waals surface area (Å²) < 4.78 is 2.85. The summed E-state index contributed by atoms with van der Waals surface area (Å²) in [6, 6.07) is 0.511. The Morgan fingerprint density at radius 3 is 2.69 bits per heavy atom. The smallest absolute Gasteiger partial charge is 0.195 e. The van der Waals surface area contributed by atoms with Gasteiger partial charge in [0.05, 0.1) is 6.04 Å². The molecule has 0 saturated carbocycles. The maximum atomic E-state index is 4.36. The van der Waals surface area contributed by atoms with Gasteiger partial charge in [-0.15, -0.1) is 0 Å². The molecule has 0 aromatic carbocycles. The van der Waals surface area contributed by atoms with Crippen molar-refractivity contribution in [1.82, 2.24) is 20.1 Å². The van der Waals surface area contributed by atoms with Gasteiger partial charge in [0, 0.05) is 0 Å². The van der Waals surface area contributed by atoms with Crippen molar-refractivity contribution >= 4 is 15.9 Å². The van der Waals surface area contributed by atoms with E-state index in [1.165, 1.54) is 0 Å². The van der Waals surface area contributed by atoms with Gasteiger partial charge >= 0.3 is 0 Å². The first kappa shape index (κ1) is 9.15. The van der Waals surface area contributed by atoms with Crippen LogP contribution in [-0.2, 0) is 0 Å². The Labute approximate surface area is 85.9 Å². The Balaban J connectivity index is 2.18. The summed E-state index contributed by atoms with van der Waals surface area (Å²) in [4.78, 5) is 4.23. The van der Waals surface area contributed by atoms with Crippen LogP contribution in [0.5, 0.6) is 0 Å². The Hall–Kier alpha value is -0.420. The fraction of sp³-hybridized carbons (Fsp3) is 0.750. The molecular weight excluding hydrogens is 232 g/mol. The number of hydrogen-bond donors (Lipinski definition) is 1. The highest BCUT2D eigenvalue weighted by atomic mass is 79.9. The molecule has 0 atom stereocenters. The Morgan fingerprint density at radius 1 is 1.46 bits per heavy atom. The first-order valence-corrected chi connectivity index (χ1v) is 5.36. The van der Waals surface area contributed by atoms with Gasteiger partial charge in [0.1, 0.15) is 5.82 Å². The van der Waals surface area contributed by atoms with E-state index in [1.54, 1.807) is 0 Å². The van der Waals surface area contributed by atoms with Crippen molar-refractivity contribution in [2.24, 2.45) is 0 Å². The molecule has 1 aliphatic rings. The molecule has 0 bridgehead atoms. The zero-order valence-corrected chi connectivity index (χ0v) is 9.21. The van der Waals surface area contributed by atoms with Crippen molar-refractivity contribution in [2.75, 3.05) is 13.1 Å². The zero-order chi connectivity index (χ0) is 9.26. The summed E-state index contributed by atoms with van der Waals surface area (Å²) >= 11 is 3.42. The predicted octanol–water partition coefficient (Wildman–Crippen LogP) is 1.27. The molecule has 5 heteroatoms. The minimum Gasteiger partial charge on any atom is -0.317 e. The van der Waals surface area contributed by atoms with Crippen LogP contribution in [0.15, 0.2) is 4.73 Å². The van der Waals surface area contributed by atoms with Crippen LogP contribution in [0.1, 0.15) is 24.7 Å². The molecule has 2 rings (SSSR count). The Morgan fingerprint density at radius 2 is 2.15 bits per heavy atom. The van der Waals surface area contributed by atoms with Crippen LogP contribution in [-0.4, -0.2) is 27.9 Å². The number of aromatic nitrogens is 3. The summed E-state index contributed by atoms with van der Waals surface area (Å²) in [6.45, 7) is 4.08. The van der Waals surface area contributed by atoms with Gasteiger partial charge in [-0.3, -0.25) is 0 Å². The van der Waals surface area contributed by atoms with Gasteiger partial charge < -0.3 is 5.32 Å². The lowest BCUT2D eigenvalue weighted by Crippen LogP contribution is -2.30. The zero-order valence-electron chi connectivity index (χ0n) is 7.63. The average Bonchev–Trinajstić information content (AvgIpc) is 2.47. The van der Waals surface area contributed by atoms with E-state index in [0.29, 0.717) is 6.04 Å². The molecule has 4 nitrogen and oxygen atoms in total. The number of nitrogens with one attached hydrogen (secondary N) is 1. The second kappa shape index (κ2) is 3.75. The lowest BCUT2D eigenvalue weighted by atomic mass is 10.1. The van der Waals surface area contributed by atoms with Crippen molar-refractivity contribution in [3.8, 4) is 0 Å². The summed E-state index contributed by atoms with van der Waals surface area (Å²) in [5.74, 6) is 0.838. The summed E-state index contributed by atoms with van der Waals surface area (Å²) in [6.07, 6.45) is 2.28. The molecule has 1 N–H and O–H groups in total. The summed E-state index contributed by atoms with van der Waals surface area (Å²) in [5, 5.41) is 7.70. The van der Waals surface area contributed by atoms with Gasteiger partial charge in [-0.05, 0) is 48.8 Å². The second-order valence-electron chi connectivity index (χ2n) is 3.35. The van der Waals surface area contributed by atoms with E-state index < -0.39 is 0 Å². The molecule has 1 aliphatic heterocycles. The molecule has 1 aromatic rings. The summed E-state index contributed by atoms with van der Waals surface area (Å²) in [5.41, 5.74) is 0. The lowest BCUT2D eigenvalue weighted by molar-refractivity contribution is 0.337. The number of hydrogen-bond acceptors (Lipinski definition) is 3. The molecule has 0 aliphatic carbocycles. The number of halogens is 1. The maximum Gasteiger partial charge on any atom is 0.195 e. The van der Waals surface area contributed by atoms with E-state index in [1.807, 2.05) is 11.6 Å². The van der Waals surface area contributed by atoms with Gasteiger partial charge in [0.2, 0.25) is 0 Å². The molecule has 0 spiro atoms. The van der Waals surface area contributed by atoms with E-state index in [9.17, 15) is 0 Å². The third-order valence-corrected chi connectivity index (χ3v) is 2.89. The Kier molecular flexibility index (Phi) is 2.64. The maximum absolute atomic E-state index is 4.36. The molecule has 1 fully saturated rings. The highest BCUT2D eigenvalue weighted by Gasteiger charge is 2.18. The van der Waals surface area contributed by atoms with Crippen molar-refractivity contribution in [2.45, 2.75) is 25.8 Å². The SMILES string of the molecule is Cc1nc(Br)n(C2CCNCC2)n1. The third-order valence-electron chi connectivity index (χ3n) is 2.35. The van der Waals surface area contributed by atoms with E-state index in [-0.39, 0.29) is 0 Å². The molecule has 1 saturated heterocycles. The highest BCUT2D eigenvalue weighted by molar-refractivity contribution is 9.10. The highest BCUT2D eigenvalue weighted by Crippen LogP contribution is 2.21. The number of aryl methyl sites for hydroxylation is 1. The van der Waals surface area contributed by atoms with Gasteiger partial charge in [-0.2, -0.15) is 5.10 Å². The standard InChI is InChI=1S/C8H13BrN4/c1-6-11-8(9)13(12-6)7-2-4-10-5-3-7/h7,10H,2-5H2,1H3. The van der Waals surface area contributed by atoms with E-state index in [4.69, 9.17) is 0 Å². The fourth-order valence-electron chi connectivity index (χ4n) is 1.69. The molecule has 13 heavy (non-hydrogen) atoms. The summed E-state index contributed by atoms with van der Waals surface area (Å²) in [7, 11) is 0. The van der Waals surface area contributed by atoms with Crippen LogP contribution in [0.25, 0.3) is 0 Å². The molecule has 2 heterocycles. The van der Waals surface area contributed by atoms with Crippen LogP contribution in [0.3, 0.4) is 0 Å². The first-order valence-electron chi connectivity index (χ1n) is 4.57. The van der Waals surface area contributed by atoms with Crippen LogP contribution in [0, 0.1) is 6.92 Å². The second-order valence-corrected chi connectivity index (χ2v) is 4.06. The Bertz CT molecular complexity index is 290. The fourth-order valence-corrected chi connectivity index (χ4v) is 2.31. The molecule has 0 radical (unpaired) electrons. The molecule has 72 valence electrons. The van der Waals surface area contributed by atoms with Crippen molar-refractivity contribution in [3.63, 3.8) is 0 Å². The van der Waals surface area contributed by atoms with Crippen LogP contribution in [0.4, 0.5) is 0 Å². The third kappa shape index (κ3) is 1.91. The molecular formula is C8H13BrN4. The minimum atomic E-state index is 0.511. The topological polar surface area (TPSA) is 42.7 Å². The van der Waals surface area contributed by atoms with E-state index in [0.717, 1.165) is 36.5 Å². The predicted molar refractivity (Wildman–Crippen MR) is 53.6 cm³/mol. The van der Waals surface area contributed by atoms with Crippen molar-refractivity contribution in [1.29, 1.82) is 0 Å². The average molecular weight is 245 g/mol. The largest absolute Gasteiger partial charge is 0.317 e. The van der Waals surface area contributed by atoms with Crippen molar-refractivity contribution in [3.05, 3.63) is 10.6 Å². The molecule has 0 amide bonds. The number of piperidine rings is 1. The number of nitrogens with zero attached hydrogens (tertiary/aromatic N) is 3. The van der Waals surface area contributed by atoms with Gasteiger partial charge in [0.15, 0.2) is 4.73 Å². The lowest BCUT2D eigenvalue weighted by Gasteiger charge is -2.22. The van der Waals surface area contributed by atoms with Crippen LogP contribution < -0.4 is 5.32 Å². The van der Waals surface area contributed by atoms with Crippen LogP contribution >= 0.6 is 15.9 Å². The van der Waals surface area contributed by atoms with Crippen molar-refractivity contribution < 1.29 is 0 Å². The van der Waals surface area contributed by atoms with E-state index in [2.05, 4.69) is 31.3 Å². The normalized spacial score (nSPS) is 19.2. The monoisotopic (exact) mass is 244 g/mol. The van der Waals surface area contributed by atoms with Gasteiger partial charge in [-0.25, -0.2) is 9.67 Å². The van der Waals surface area contributed by atoms with Gasteiger partial charge in [-0.1, -0.05) is 0 Å². The quantitative estimate of drug-likeness (QED) is 0.810. The molecule has 0 unspecified atom stereocenters. The first-order chi connectivity index (χ1) is 6.27. The molecule has 1 aromatic heterocycles. The number of rotatable bonds is 1. The van der Waals surface area contributed by atoms with Gasteiger partial charge in [0.25, 0.3) is 0 Å². The van der Waals surface area contributed by atoms with Crippen LogP contribution in [0.2, 0.25) is 0 Å². The minimum absolute atomic E-state index is 0.511. The van der Waals surface area contributed by atoms with E-state index >= 15 is 0 Å².